The first-order chi connectivity index (χ1) is 10.3. The highest BCUT2D eigenvalue weighted by molar-refractivity contribution is 6.13. The number of carbonyl (C=O) groups is 1. The normalized spacial score (nSPS) is 21.4. The smallest absolute Gasteiger partial charge is 0.414 e. The van der Waals surface area contributed by atoms with Crippen LogP contribution in [0.1, 0.15) is 0 Å². The lowest BCUT2D eigenvalue weighted by Gasteiger charge is -2.26. The van der Waals surface area contributed by atoms with Crippen molar-refractivity contribution in [1.29, 1.82) is 0 Å². The number of ether oxygens (including phenoxy) is 1. The van der Waals surface area contributed by atoms with Crippen molar-refractivity contribution in [2.45, 2.75) is 6.10 Å². The molecule has 1 fully saturated rings. The zero-order valence-electron chi connectivity index (χ0n) is 11.3. The van der Waals surface area contributed by atoms with Gasteiger partial charge < -0.3 is 4.74 Å². The van der Waals surface area contributed by atoms with Crippen molar-refractivity contribution in [2.75, 3.05) is 36.1 Å². The molecule has 1 aromatic rings. The van der Waals surface area contributed by atoms with Crippen molar-refractivity contribution in [3.63, 3.8) is 0 Å². The highest BCUT2D eigenvalue weighted by Crippen LogP contribution is 2.24. The molecule has 1 amide bonds. The number of benzene rings is 1. The maximum atomic E-state index is 11.8. The van der Waals surface area contributed by atoms with Crippen LogP contribution in [0.3, 0.4) is 0 Å². The van der Waals surface area contributed by atoms with E-state index in [1.165, 1.54) is 0 Å². The molecule has 0 spiro atoms. The van der Waals surface area contributed by atoms with Crippen LogP contribution < -0.4 is 20.2 Å². The Morgan fingerprint density at radius 2 is 2.14 bits per heavy atom. The van der Waals surface area contributed by atoms with Gasteiger partial charge in [-0.05, 0) is 36.0 Å². The molecule has 7 nitrogen and oxygen atoms in total. The summed E-state index contributed by atoms with van der Waals surface area (Å²) in [4.78, 5) is 20.0. The summed E-state index contributed by atoms with van der Waals surface area (Å²) in [6, 6.07) is 7.73. The summed E-state index contributed by atoms with van der Waals surface area (Å²) in [6.45, 7) is 2.50. The van der Waals surface area contributed by atoms with Gasteiger partial charge in [0.15, 0.2) is 0 Å². The van der Waals surface area contributed by atoms with Gasteiger partial charge in [-0.25, -0.2) is 9.63 Å². The molecule has 1 unspecified atom stereocenters. The quantitative estimate of drug-likeness (QED) is 0.815. The number of amides is 1. The predicted octanol–water partition coefficient (Wildman–Crippen LogP) is 1.11. The number of cyclic esters (lactones) is 1. The van der Waals surface area contributed by atoms with Crippen molar-refractivity contribution in [1.82, 2.24) is 10.3 Å². The average molecular weight is 310 g/mol. The number of anilines is 2. The number of nitrogens with zero attached hydrogens (tertiary/aromatic N) is 3. The molecule has 2 heterocycles. The van der Waals surface area contributed by atoms with Gasteiger partial charge >= 0.3 is 6.09 Å². The molecule has 3 rings (SSSR count). The van der Waals surface area contributed by atoms with Crippen LogP contribution in [0.2, 0.25) is 0 Å². The van der Waals surface area contributed by atoms with Gasteiger partial charge in [0.2, 0.25) is 0 Å². The molecule has 8 heteroatoms. The van der Waals surface area contributed by atoms with E-state index in [0.29, 0.717) is 13.1 Å². The van der Waals surface area contributed by atoms with Crippen molar-refractivity contribution in [3.8, 4) is 0 Å². The number of halogens is 1. The van der Waals surface area contributed by atoms with Gasteiger partial charge in [-0.15, -0.1) is 0 Å². The van der Waals surface area contributed by atoms with Crippen molar-refractivity contribution >= 4 is 35.6 Å². The number of hydrogen-bond donors (Lipinski definition) is 2. The zero-order valence-corrected chi connectivity index (χ0v) is 12.1. The van der Waals surface area contributed by atoms with Crippen LogP contribution in [0.25, 0.3) is 0 Å². The number of hydrogen-bond acceptors (Lipinski definition) is 6. The highest BCUT2D eigenvalue weighted by Gasteiger charge is 2.31. The summed E-state index contributed by atoms with van der Waals surface area (Å²) in [6.07, 6.45) is 1.11. The second-order valence-electron chi connectivity index (χ2n) is 4.79. The monoisotopic (exact) mass is 309 g/mol. The summed E-state index contributed by atoms with van der Waals surface area (Å²) in [5.74, 6) is 0. The van der Waals surface area contributed by atoms with E-state index in [4.69, 9.17) is 16.5 Å². The Labute approximate surface area is 127 Å². The van der Waals surface area contributed by atoms with Crippen LogP contribution in [-0.4, -0.2) is 44.7 Å². The van der Waals surface area contributed by atoms with Gasteiger partial charge in [0.25, 0.3) is 0 Å². The maximum Gasteiger partial charge on any atom is 0.414 e. The minimum Gasteiger partial charge on any atom is -0.443 e. The molecule has 21 heavy (non-hydrogen) atoms. The van der Waals surface area contributed by atoms with Crippen LogP contribution >= 0.6 is 11.8 Å². The van der Waals surface area contributed by atoms with Gasteiger partial charge in [-0.2, -0.15) is 0 Å². The van der Waals surface area contributed by atoms with Crippen LogP contribution in [0.5, 0.6) is 0 Å². The Bertz CT molecular complexity index is 536. The third kappa shape index (κ3) is 3.03. The Morgan fingerprint density at radius 3 is 2.81 bits per heavy atom. The first-order valence-corrected chi connectivity index (χ1v) is 7.09. The van der Waals surface area contributed by atoms with E-state index >= 15 is 0 Å². The van der Waals surface area contributed by atoms with Crippen molar-refractivity contribution in [3.05, 3.63) is 24.3 Å². The average Bonchev–Trinajstić information content (AvgIpc) is 2.89. The van der Waals surface area contributed by atoms with E-state index in [2.05, 4.69) is 15.3 Å². The first-order valence-electron chi connectivity index (χ1n) is 6.71. The summed E-state index contributed by atoms with van der Waals surface area (Å²) < 4.78 is 5.22. The second-order valence-corrected chi connectivity index (χ2v) is 5.05. The standard InChI is InChI=1S/C13H16ClN5O2/c14-16-7-12-8-18(13(20)21-12)10-1-3-11(4-2-10)19-6-5-15-9-17-19/h1-4,9,12,16H,5-8H2,(H,15,17). The lowest BCUT2D eigenvalue weighted by Crippen LogP contribution is -2.42. The number of rotatable bonds is 4. The second kappa shape index (κ2) is 6.19. The third-order valence-corrected chi connectivity index (χ3v) is 3.56. The molecule has 2 aliphatic rings. The molecule has 2 aliphatic heterocycles. The fraction of sp³-hybridized carbons (Fsp3) is 0.385. The molecule has 112 valence electrons. The van der Waals surface area contributed by atoms with E-state index in [9.17, 15) is 4.79 Å². The molecule has 2 N–H and O–H groups in total. The Hall–Kier alpha value is -1.99. The third-order valence-electron chi connectivity index (χ3n) is 3.41. The molecule has 1 atom stereocenters. The number of aliphatic imine (C=N–C) groups is 1. The van der Waals surface area contributed by atoms with Crippen LogP contribution in [0, 0.1) is 0 Å². The summed E-state index contributed by atoms with van der Waals surface area (Å²) in [7, 11) is 0. The Morgan fingerprint density at radius 1 is 1.38 bits per heavy atom. The largest absolute Gasteiger partial charge is 0.443 e. The minimum absolute atomic E-state index is 0.227. The summed E-state index contributed by atoms with van der Waals surface area (Å²) >= 11 is 5.45. The molecule has 1 aromatic carbocycles. The first kappa shape index (κ1) is 14.0. The molecule has 1 saturated heterocycles. The molecular weight excluding hydrogens is 294 g/mol. The zero-order chi connectivity index (χ0) is 14.7. The van der Waals surface area contributed by atoms with Gasteiger partial charge in [0, 0.05) is 12.2 Å². The van der Waals surface area contributed by atoms with E-state index in [1.54, 1.807) is 11.2 Å². The molecule has 0 saturated carbocycles. The van der Waals surface area contributed by atoms with Crippen LogP contribution in [-0.2, 0) is 4.74 Å². The van der Waals surface area contributed by atoms with E-state index < -0.39 is 0 Å². The lowest BCUT2D eigenvalue weighted by molar-refractivity contribution is 0.143. The molecular formula is C13H16ClN5O2. The number of carbonyl (C=O) groups excluding carboxylic acids is 1. The summed E-state index contributed by atoms with van der Waals surface area (Å²) in [5, 5.41) is 2.00. The van der Waals surface area contributed by atoms with Gasteiger partial charge in [0.1, 0.15) is 12.4 Å². The molecule has 0 bridgehead atoms. The minimum atomic E-state index is -0.345. The Balaban J connectivity index is 1.69. The molecule has 0 aliphatic carbocycles. The van der Waals surface area contributed by atoms with Crippen LogP contribution in [0.4, 0.5) is 16.2 Å². The topological polar surface area (TPSA) is 69.2 Å². The van der Waals surface area contributed by atoms with Gasteiger partial charge in [0.05, 0.1) is 25.3 Å². The van der Waals surface area contributed by atoms with Crippen molar-refractivity contribution < 1.29 is 9.53 Å². The Kier molecular flexibility index (Phi) is 4.12. The van der Waals surface area contributed by atoms with E-state index in [0.717, 1.165) is 24.5 Å². The predicted molar refractivity (Wildman–Crippen MR) is 81.8 cm³/mol. The van der Waals surface area contributed by atoms with Gasteiger partial charge in [-0.1, -0.05) is 0 Å². The van der Waals surface area contributed by atoms with E-state index in [1.807, 2.05) is 29.3 Å². The fourth-order valence-corrected chi connectivity index (χ4v) is 2.51. The summed E-state index contributed by atoms with van der Waals surface area (Å²) in [5.41, 5.74) is 4.91. The van der Waals surface area contributed by atoms with E-state index in [-0.39, 0.29) is 12.2 Å². The number of hydrazine groups is 1. The fourth-order valence-electron chi connectivity index (χ4n) is 2.34. The number of nitrogens with one attached hydrogen (secondary N) is 2. The molecule has 0 aromatic heterocycles. The maximum absolute atomic E-state index is 11.8. The highest BCUT2D eigenvalue weighted by atomic mass is 35.5. The molecule has 0 radical (unpaired) electrons. The SMILES string of the molecule is O=C1OC(CNCl)CN1c1ccc(N2CCN=CN2)cc1. The van der Waals surface area contributed by atoms with Crippen molar-refractivity contribution in [2.24, 2.45) is 4.99 Å². The lowest BCUT2D eigenvalue weighted by atomic mass is 10.2. The van der Waals surface area contributed by atoms with Gasteiger partial charge in [-0.3, -0.25) is 20.3 Å². The van der Waals surface area contributed by atoms with Crippen LogP contribution in [0.15, 0.2) is 29.3 Å².